The molecule has 3 nitrogen and oxygen atoms in total. The van der Waals surface area contributed by atoms with Crippen LogP contribution < -0.4 is 21.2 Å². The minimum absolute atomic E-state index is 0.792. The first-order chi connectivity index (χ1) is 17.4. The lowest BCUT2D eigenvalue weighted by atomic mass is 10.4. The number of hydrogen-bond acceptors (Lipinski definition) is 3. The van der Waals surface area contributed by atoms with Gasteiger partial charge in [0.2, 0.25) is 6.19 Å². The maximum absolute atomic E-state index is 9.98. The molecule has 0 atom stereocenters. The number of nitrogens with zero attached hydrogens (tertiary/aromatic N) is 3. The van der Waals surface area contributed by atoms with Gasteiger partial charge in [0.1, 0.15) is 0 Å². The third-order valence-electron chi connectivity index (χ3n) is 6.17. The Morgan fingerprint density at radius 2 is 0.861 bits per heavy atom. The number of nitriles is 1. The summed E-state index contributed by atoms with van der Waals surface area (Å²) >= 11 is 0. The summed E-state index contributed by atoms with van der Waals surface area (Å²) in [5, 5.41) is 14.9. The van der Waals surface area contributed by atoms with Gasteiger partial charge in [-0.2, -0.15) is 10.0 Å². The van der Waals surface area contributed by atoms with Gasteiger partial charge in [-0.05, 0) is 33.5 Å². The smallest absolute Gasteiger partial charge is 0.204 e. The van der Waals surface area contributed by atoms with Gasteiger partial charge in [0.15, 0.2) is 8.24 Å². The Kier molecular flexibility index (Phi) is 8.27. The molecule has 0 aromatic heterocycles. The molecule has 0 aliphatic rings. The first-order valence-corrected chi connectivity index (χ1v) is 19.5. The molecule has 4 aromatic rings. The molecule has 0 fully saturated rings. The average molecular weight is 526 g/mol. The van der Waals surface area contributed by atoms with Crippen LogP contribution >= 0.6 is 14.1 Å². The van der Waals surface area contributed by atoms with Gasteiger partial charge in [0, 0.05) is 14.1 Å². The summed E-state index contributed by atoms with van der Waals surface area (Å²) in [6.07, 6.45) is 3.90. The van der Waals surface area contributed by atoms with Gasteiger partial charge < -0.3 is 4.41 Å². The Hall–Kier alpha value is -2.95. The first kappa shape index (κ1) is 26.1. The van der Waals surface area contributed by atoms with E-state index in [1.165, 1.54) is 10.6 Å². The molecule has 36 heavy (non-hydrogen) atoms. The average Bonchev–Trinajstić information content (AvgIpc) is 2.91. The minimum atomic E-state index is -2.36. The molecule has 6 heteroatoms. The molecular formula is C30H33N3P2Si. The maximum atomic E-state index is 9.98. The molecule has 0 aliphatic carbocycles. The van der Waals surface area contributed by atoms with Crippen LogP contribution in [0.2, 0.25) is 19.6 Å². The molecule has 0 heterocycles. The van der Waals surface area contributed by atoms with E-state index in [4.69, 9.17) is 9.16 Å². The molecule has 0 aliphatic heterocycles. The van der Waals surface area contributed by atoms with Crippen molar-refractivity contribution in [1.29, 1.82) is 5.26 Å². The number of hydrogen-bond donors (Lipinski definition) is 0. The fourth-order valence-corrected chi connectivity index (χ4v) is 17.2. The first-order valence-electron chi connectivity index (χ1n) is 12.2. The molecule has 0 N–H and O–H groups in total. The van der Waals surface area contributed by atoms with Crippen molar-refractivity contribution in [3.8, 4) is 6.19 Å². The summed E-state index contributed by atoms with van der Waals surface area (Å²) < 4.78 is 10.6. The zero-order chi connectivity index (χ0) is 25.5. The van der Waals surface area contributed by atoms with E-state index in [-0.39, 0.29) is 0 Å². The van der Waals surface area contributed by atoms with Gasteiger partial charge in [-0.3, -0.25) is 0 Å². The summed E-state index contributed by atoms with van der Waals surface area (Å²) in [6.45, 7) is 6.97. The van der Waals surface area contributed by atoms with E-state index < -0.39 is 22.3 Å². The van der Waals surface area contributed by atoms with Crippen LogP contribution in [0.1, 0.15) is 0 Å². The highest BCUT2D eigenvalue weighted by Crippen LogP contribution is 2.55. The summed E-state index contributed by atoms with van der Waals surface area (Å²) in [6, 6.07) is 42.5. The molecule has 0 saturated heterocycles. The fourth-order valence-electron chi connectivity index (χ4n) is 4.72. The molecular weight excluding hydrogens is 492 g/mol. The molecule has 0 amide bonds. The van der Waals surface area contributed by atoms with Crippen molar-refractivity contribution in [2.24, 2.45) is 9.16 Å². The molecule has 0 radical (unpaired) electrons. The van der Waals surface area contributed by atoms with Crippen LogP contribution in [0.5, 0.6) is 0 Å². The maximum Gasteiger partial charge on any atom is 0.204 e. The van der Waals surface area contributed by atoms with Crippen molar-refractivity contribution < 1.29 is 0 Å². The standard InChI is InChI=1S/C30H33N3P2Si/c1-36(2,3)33-35(29-20-12-6-13-21-29,30-22-14-7-15-23-30)25-24-34(32-26-31,27-16-8-4-9-17-27)28-18-10-5-11-19-28/h4-23H,24-25H2,1-3H3. The minimum Gasteiger partial charge on any atom is -0.329 e. The molecule has 0 unspecified atom stereocenters. The summed E-state index contributed by atoms with van der Waals surface area (Å²) in [4.78, 5) is 0. The fraction of sp³-hybridized carbons (Fsp3) is 0.167. The van der Waals surface area contributed by atoms with E-state index in [9.17, 15) is 5.26 Å². The lowest BCUT2D eigenvalue weighted by Crippen LogP contribution is -2.28. The van der Waals surface area contributed by atoms with Crippen molar-refractivity contribution in [2.75, 3.05) is 12.3 Å². The Bertz CT molecular complexity index is 1340. The van der Waals surface area contributed by atoms with E-state index in [1.54, 1.807) is 0 Å². The predicted octanol–water partition coefficient (Wildman–Crippen LogP) is 7.01. The zero-order valence-corrected chi connectivity index (χ0v) is 24.0. The van der Waals surface area contributed by atoms with E-state index in [0.29, 0.717) is 0 Å². The molecule has 182 valence electrons. The molecule has 0 bridgehead atoms. The van der Waals surface area contributed by atoms with Crippen LogP contribution in [-0.2, 0) is 0 Å². The highest BCUT2D eigenvalue weighted by atomic mass is 31.2. The normalized spacial score (nSPS) is 11.9. The molecule has 0 spiro atoms. The second kappa shape index (κ2) is 11.4. The van der Waals surface area contributed by atoms with Crippen LogP contribution in [0.25, 0.3) is 0 Å². The topological polar surface area (TPSA) is 48.5 Å². The Morgan fingerprint density at radius 3 is 1.17 bits per heavy atom. The third kappa shape index (κ3) is 5.71. The van der Waals surface area contributed by atoms with Crippen molar-refractivity contribution >= 4 is 43.6 Å². The summed E-state index contributed by atoms with van der Waals surface area (Å²) in [5.74, 6) is 0. The second-order valence-electron chi connectivity index (χ2n) is 9.80. The van der Waals surface area contributed by atoms with Gasteiger partial charge in [0.05, 0.1) is 0 Å². The number of rotatable bonds is 8. The van der Waals surface area contributed by atoms with E-state index in [2.05, 4.69) is 135 Å². The SMILES string of the molecule is C[Si](C)(C)N=P(CCP(=NC#N)(c1ccccc1)c1ccccc1)(c1ccccc1)c1ccccc1. The predicted molar refractivity (Wildman–Crippen MR) is 162 cm³/mol. The van der Waals surface area contributed by atoms with Crippen LogP contribution in [-0.4, -0.2) is 20.6 Å². The van der Waals surface area contributed by atoms with Gasteiger partial charge in [-0.15, -0.1) is 0 Å². The van der Waals surface area contributed by atoms with E-state index in [1.807, 2.05) is 12.1 Å². The van der Waals surface area contributed by atoms with Crippen molar-refractivity contribution in [3.63, 3.8) is 0 Å². The number of benzene rings is 4. The van der Waals surface area contributed by atoms with Crippen LogP contribution in [0.15, 0.2) is 130 Å². The molecule has 4 rings (SSSR count). The second-order valence-corrected chi connectivity index (χ2v) is 21.2. The largest absolute Gasteiger partial charge is 0.329 e. The molecule has 4 aromatic carbocycles. The quantitative estimate of drug-likeness (QED) is 0.139. The van der Waals surface area contributed by atoms with Crippen molar-refractivity contribution in [1.82, 2.24) is 0 Å². The highest BCUT2D eigenvalue weighted by molar-refractivity contribution is 7.85. The lowest BCUT2D eigenvalue weighted by Gasteiger charge is -2.33. The zero-order valence-electron chi connectivity index (χ0n) is 21.2. The van der Waals surface area contributed by atoms with Gasteiger partial charge in [-0.1, -0.05) is 141 Å². The lowest BCUT2D eigenvalue weighted by molar-refractivity contribution is 1.41. The van der Waals surface area contributed by atoms with Crippen LogP contribution in [0.4, 0.5) is 0 Å². The summed E-state index contributed by atoms with van der Waals surface area (Å²) in [7, 11) is -6.34. The monoisotopic (exact) mass is 525 g/mol. The Morgan fingerprint density at radius 1 is 0.556 bits per heavy atom. The van der Waals surface area contributed by atoms with Crippen molar-refractivity contribution in [3.05, 3.63) is 121 Å². The van der Waals surface area contributed by atoms with Crippen LogP contribution in [0, 0.1) is 11.5 Å². The van der Waals surface area contributed by atoms with E-state index >= 15 is 0 Å². The highest BCUT2D eigenvalue weighted by Gasteiger charge is 2.33. The van der Waals surface area contributed by atoms with Crippen molar-refractivity contribution in [2.45, 2.75) is 19.6 Å². The van der Waals surface area contributed by atoms with Crippen LogP contribution in [0.3, 0.4) is 0 Å². The Labute approximate surface area is 217 Å². The van der Waals surface area contributed by atoms with E-state index in [0.717, 1.165) is 22.9 Å². The Balaban J connectivity index is 1.99. The summed E-state index contributed by atoms with van der Waals surface area (Å²) in [5.41, 5.74) is 0. The third-order valence-corrected chi connectivity index (χ3v) is 17.1. The van der Waals surface area contributed by atoms with Gasteiger partial charge >= 0.3 is 0 Å². The molecule has 0 saturated carbocycles. The van der Waals surface area contributed by atoms with Gasteiger partial charge in [-0.25, -0.2) is 0 Å². The van der Waals surface area contributed by atoms with Gasteiger partial charge in [0.25, 0.3) is 0 Å².